The molecule has 0 amide bonds. The normalized spacial score (nSPS) is 18.1. The summed E-state index contributed by atoms with van der Waals surface area (Å²) in [5, 5.41) is 3.31. The minimum absolute atomic E-state index is 0.369. The van der Waals surface area contributed by atoms with Crippen LogP contribution in [0, 0.1) is 6.67 Å². The van der Waals surface area contributed by atoms with Gasteiger partial charge in [-0.1, -0.05) is 42.5 Å². The molecule has 3 nitrogen and oxygen atoms in total. The summed E-state index contributed by atoms with van der Waals surface area (Å²) in [6.45, 7) is 3.35. The predicted octanol–water partition coefficient (Wildman–Crippen LogP) is 3.95. The largest absolute Gasteiger partial charge is 0.343 e. The average Bonchev–Trinajstić information content (AvgIpc) is 3.38. The van der Waals surface area contributed by atoms with E-state index in [0.29, 0.717) is 12.1 Å². The van der Waals surface area contributed by atoms with Crippen molar-refractivity contribution < 1.29 is 0 Å². The van der Waals surface area contributed by atoms with Crippen LogP contribution < -0.4 is 15.1 Å². The third-order valence-corrected chi connectivity index (χ3v) is 4.82. The predicted molar refractivity (Wildman–Crippen MR) is 96.4 cm³/mol. The molecule has 2 aromatic carbocycles. The Morgan fingerprint density at radius 1 is 1.00 bits per heavy atom. The second kappa shape index (κ2) is 6.25. The lowest BCUT2D eigenvalue weighted by Gasteiger charge is -2.30. The van der Waals surface area contributed by atoms with Crippen LogP contribution >= 0.6 is 0 Å². The summed E-state index contributed by atoms with van der Waals surface area (Å²) in [4.78, 5) is 4.95. The zero-order chi connectivity index (χ0) is 15.6. The molecular formula is C20H24N3. The number of hydrogen-bond donors (Lipinski definition) is 1. The Balaban J connectivity index is 1.68. The molecule has 1 atom stereocenters. The Bertz CT molecular complexity index is 651. The van der Waals surface area contributed by atoms with Crippen molar-refractivity contribution in [1.29, 1.82) is 0 Å². The lowest BCUT2D eigenvalue weighted by molar-refractivity contribution is 0.585. The first kappa shape index (κ1) is 14.6. The molecule has 1 aliphatic carbocycles. The third kappa shape index (κ3) is 2.81. The lowest BCUT2D eigenvalue weighted by atomic mass is 10.0. The molecule has 1 aliphatic heterocycles. The van der Waals surface area contributed by atoms with Gasteiger partial charge in [-0.15, -0.1) is 0 Å². The summed E-state index contributed by atoms with van der Waals surface area (Å²) in [5.41, 5.74) is 4.08. The number of anilines is 2. The summed E-state index contributed by atoms with van der Waals surface area (Å²) in [5.74, 6) is 0. The molecule has 119 valence electrons. The molecule has 1 fully saturated rings. The maximum atomic E-state index is 3.31. The van der Waals surface area contributed by atoms with Gasteiger partial charge in [0.1, 0.15) is 6.67 Å². The Kier molecular flexibility index (Phi) is 3.96. The van der Waals surface area contributed by atoms with Crippen molar-refractivity contribution in [1.82, 2.24) is 5.32 Å². The molecule has 1 radical (unpaired) electrons. The minimum Gasteiger partial charge on any atom is -0.343 e. The zero-order valence-electron chi connectivity index (χ0n) is 13.7. The van der Waals surface area contributed by atoms with Crippen LogP contribution in [0.4, 0.5) is 11.4 Å². The Hall–Kier alpha value is -2.00. The van der Waals surface area contributed by atoms with E-state index < -0.39 is 0 Å². The molecule has 0 saturated heterocycles. The molecule has 0 unspecified atom stereocenters. The van der Waals surface area contributed by atoms with Crippen LogP contribution in [0.1, 0.15) is 30.9 Å². The van der Waals surface area contributed by atoms with E-state index in [9.17, 15) is 0 Å². The molecule has 0 spiro atoms. The van der Waals surface area contributed by atoms with Gasteiger partial charge in [0, 0.05) is 6.04 Å². The Morgan fingerprint density at radius 3 is 2.39 bits per heavy atom. The van der Waals surface area contributed by atoms with Gasteiger partial charge in [0.05, 0.1) is 17.4 Å². The second-order valence-electron chi connectivity index (χ2n) is 6.47. The van der Waals surface area contributed by atoms with Gasteiger partial charge in [-0.3, -0.25) is 0 Å². The van der Waals surface area contributed by atoms with Gasteiger partial charge in [0.2, 0.25) is 0 Å². The fourth-order valence-electron chi connectivity index (χ4n) is 3.47. The van der Waals surface area contributed by atoms with Crippen molar-refractivity contribution >= 4 is 11.4 Å². The van der Waals surface area contributed by atoms with Crippen LogP contribution in [0.25, 0.3) is 0 Å². The van der Waals surface area contributed by atoms with Gasteiger partial charge in [0.15, 0.2) is 0 Å². The Labute approximate surface area is 138 Å². The topological polar surface area (TPSA) is 18.5 Å². The van der Waals surface area contributed by atoms with Crippen LogP contribution in [0.3, 0.4) is 0 Å². The summed E-state index contributed by atoms with van der Waals surface area (Å²) in [6, 6.07) is 20.7. The molecular weight excluding hydrogens is 282 g/mol. The van der Waals surface area contributed by atoms with Crippen LogP contribution in [0.15, 0.2) is 54.6 Å². The number of benzene rings is 2. The van der Waals surface area contributed by atoms with Gasteiger partial charge in [-0.2, -0.15) is 0 Å². The summed E-state index contributed by atoms with van der Waals surface area (Å²) in [6.07, 6.45) is 3.71. The molecule has 0 aromatic heterocycles. The highest BCUT2D eigenvalue weighted by Gasteiger charge is 2.39. The number of rotatable bonds is 6. The van der Waals surface area contributed by atoms with Gasteiger partial charge in [0.25, 0.3) is 0 Å². The van der Waals surface area contributed by atoms with Gasteiger partial charge in [-0.05, 0) is 50.6 Å². The van der Waals surface area contributed by atoms with Crippen molar-refractivity contribution in [2.45, 2.75) is 31.3 Å². The first-order valence-corrected chi connectivity index (χ1v) is 8.59. The minimum atomic E-state index is 0.369. The van der Waals surface area contributed by atoms with Gasteiger partial charge in [-0.25, -0.2) is 0 Å². The fraction of sp³-hybridized carbons (Fsp3) is 0.350. The molecule has 1 heterocycles. The van der Waals surface area contributed by atoms with Gasteiger partial charge >= 0.3 is 0 Å². The number of para-hydroxylation sites is 2. The fourth-order valence-corrected chi connectivity index (χ4v) is 3.47. The SMILES string of the molecule is CNCC[C@@H](c1ccccc1)N1[CH]N(C2CC2)c2ccccc21. The average molecular weight is 306 g/mol. The third-order valence-electron chi connectivity index (χ3n) is 4.82. The van der Waals surface area contributed by atoms with Crippen molar-refractivity contribution in [3.63, 3.8) is 0 Å². The number of nitrogens with zero attached hydrogens (tertiary/aromatic N) is 2. The standard InChI is InChI=1S/C20H24N3/c1-21-14-13-18(16-7-3-2-4-8-16)23-15-22(17-11-12-17)19-9-5-6-10-20(19)23/h2-10,15,17-18,21H,11-14H2,1H3/t18-/m0/s1. The molecule has 1 saturated carbocycles. The first-order valence-electron chi connectivity index (χ1n) is 8.59. The summed E-state index contributed by atoms with van der Waals surface area (Å²) >= 11 is 0. The lowest BCUT2D eigenvalue weighted by Crippen LogP contribution is -2.31. The van der Waals surface area contributed by atoms with Crippen LogP contribution in [0.2, 0.25) is 0 Å². The highest BCUT2D eigenvalue weighted by atomic mass is 15.4. The van der Waals surface area contributed by atoms with Crippen molar-refractivity contribution in [2.75, 3.05) is 23.4 Å². The van der Waals surface area contributed by atoms with E-state index in [4.69, 9.17) is 0 Å². The summed E-state index contributed by atoms with van der Waals surface area (Å²) < 4.78 is 0. The quantitative estimate of drug-likeness (QED) is 0.872. The van der Waals surface area contributed by atoms with E-state index >= 15 is 0 Å². The van der Waals surface area contributed by atoms with Crippen LogP contribution in [0.5, 0.6) is 0 Å². The van der Waals surface area contributed by atoms with Crippen LogP contribution in [-0.2, 0) is 0 Å². The van der Waals surface area contributed by atoms with E-state index in [-0.39, 0.29) is 0 Å². The molecule has 2 aliphatic rings. The number of hydrogen-bond acceptors (Lipinski definition) is 3. The smallest absolute Gasteiger partial charge is 0.143 e. The summed E-state index contributed by atoms with van der Waals surface area (Å²) in [7, 11) is 2.03. The molecule has 3 heteroatoms. The molecule has 23 heavy (non-hydrogen) atoms. The van der Waals surface area contributed by atoms with E-state index in [1.165, 1.54) is 29.8 Å². The van der Waals surface area contributed by atoms with Crippen LogP contribution in [-0.4, -0.2) is 19.6 Å². The number of fused-ring (bicyclic) bond motifs is 1. The van der Waals surface area contributed by atoms with Gasteiger partial charge < -0.3 is 15.1 Å². The zero-order valence-corrected chi connectivity index (χ0v) is 13.7. The van der Waals surface area contributed by atoms with E-state index in [0.717, 1.165) is 13.0 Å². The first-order chi connectivity index (χ1) is 11.4. The highest BCUT2D eigenvalue weighted by Crippen LogP contribution is 2.47. The van der Waals surface area contributed by atoms with E-state index in [2.05, 4.69) is 76.4 Å². The monoisotopic (exact) mass is 306 g/mol. The maximum absolute atomic E-state index is 3.31. The highest BCUT2D eigenvalue weighted by molar-refractivity contribution is 5.80. The second-order valence-corrected chi connectivity index (χ2v) is 6.47. The van der Waals surface area contributed by atoms with Crippen molar-refractivity contribution in [3.8, 4) is 0 Å². The molecule has 1 N–H and O–H groups in total. The van der Waals surface area contributed by atoms with E-state index in [1.54, 1.807) is 0 Å². The molecule has 0 bridgehead atoms. The van der Waals surface area contributed by atoms with E-state index in [1.807, 2.05) is 7.05 Å². The number of nitrogens with one attached hydrogen (secondary N) is 1. The maximum Gasteiger partial charge on any atom is 0.143 e. The van der Waals surface area contributed by atoms with Crippen molar-refractivity contribution in [2.24, 2.45) is 0 Å². The molecule has 4 rings (SSSR count). The Morgan fingerprint density at radius 2 is 1.70 bits per heavy atom. The molecule has 2 aromatic rings. The van der Waals surface area contributed by atoms with Crippen molar-refractivity contribution in [3.05, 3.63) is 66.8 Å².